The molecule has 0 aliphatic carbocycles. The molecule has 0 bridgehead atoms. The minimum absolute atomic E-state index is 0. The Kier molecular flexibility index (Phi) is 23.6. The van der Waals surface area contributed by atoms with Gasteiger partial charge in [-0.25, -0.2) is 0 Å². The van der Waals surface area contributed by atoms with E-state index in [9.17, 15) is 0 Å². The van der Waals surface area contributed by atoms with Gasteiger partial charge >= 0.3 is 17.1 Å². The monoisotopic (exact) mass is 476 g/mol. The molecular formula is C14H32Br2FeP2. The molecule has 0 spiro atoms. The van der Waals surface area contributed by atoms with Crippen molar-refractivity contribution in [2.75, 3.05) is 12.3 Å². The van der Waals surface area contributed by atoms with Crippen LogP contribution in [0.25, 0.3) is 0 Å². The van der Waals surface area contributed by atoms with Crippen molar-refractivity contribution in [2.45, 2.75) is 78.0 Å². The largest absolute Gasteiger partial charge is 2.00 e. The van der Waals surface area contributed by atoms with E-state index in [2.05, 4.69) is 55.4 Å². The molecule has 0 N–H and O–H groups in total. The molecule has 0 aromatic carbocycles. The van der Waals surface area contributed by atoms with E-state index in [1.54, 1.807) is 0 Å². The summed E-state index contributed by atoms with van der Waals surface area (Å²) in [5.41, 5.74) is 3.63. The van der Waals surface area contributed by atoms with Crippen LogP contribution in [0.5, 0.6) is 0 Å². The molecule has 0 aromatic heterocycles. The molecule has 0 aliphatic heterocycles. The molecular weight excluding hydrogens is 446 g/mol. The van der Waals surface area contributed by atoms with Gasteiger partial charge in [0, 0.05) is 0 Å². The zero-order valence-electron chi connectivity index (χ0n) is 13.7. The van der Waals surface area contributed by atoms with Gasteiger partial charge in [-0.1, -0.05) is 55.4 Å². The summed E-state index contributed by atoms with van der Waals surface area (Å²) in [4.78, 5) is 0. The van der Waals surface area contributed by atoms with Crippen LogP contribution in [0.4, 0.5) is 0 Å². The fraction of sp³-hybridized carbons (Fsp3) is 1.00. The number of halogens is 2. The molecule has 19 heavy (non-hydrogen) atoms. The van der Waals surface area contributed by atoms with Crippen LogP contribution < -0.4 is 34.0 Å². The normalized spacial score (nSPS) is 11.1. The fourth-order valence-corrected chi connectivity index (χ4v) is 8.75. The molecule has 120 valence electrons. The standard InChI is InChI=1S/C14H32P2.2BrH.Fe/c1-11(2)15(12(3)4)9-10-16(13(5)6)14(7)8;;;/h11-14H,9-10H2,1-8H3;2*1H;/q;;;+2/p-2. The van der Waals surface area contributed by atoms with Gasteiger partial charge in [-0.15, -0.1) is 15.8 Å². The van der Waals surface area contributed by atoms with Gasteiger partial charge < -0.3 is 34.0 Å². The first-order valence-corrected chi connectivity index (χ1v) is 10.1. The maximum absolute atomic E-state index is 2.42. The molecule has 0 saturated heterocycles. The molecule has 0 fully saturated rings. The van der Waals surface area contributed by atoms with Crippen LogP contribution in [-0.4, -0.2) is 35.0 Å². The van der Waals surface area contributed by atoms with E-state index in [1.165, 1.54) is 12.3 Å². The molecule has 0 nitrogen and oxygen atoms in total. The van der Waals surface area contributed by atoms with E-state index >= 15 is 0 Å². The van der Waals surface area contributed by atoms with Crippen LogP contribution in [0, 0.1) is 0 Å². The molecule has 0 radical (unpaired) electrons. The topological polar surface area (TPSA) is 0 Å². The predicted molar refractivity (Wildman–Crippen MR) is 84.1 cm³/mol. The third-order valence-electron chi connectivity index (χ3n) is 3.27. The van der Waals surface area contributed by atoms with Crippen molar-refractivity contribution in [3.8, 4) is 0 Å². The van der Waals surface area contributed by atoms with Crippen molar-refractivity contribution in [1.29, 1.82) is 0 Å². The zero-order valence-corrected chi connectivity index (χ0v) is 19.8. The average molecular weight is 478 g/mol. The van der Waals surface area contributed by atoms with Crippen LogP contribution in [0.3, 0.4) is 0 Å². The number of hydrogen-bond acceptors (Lipinski definition) is 0. The second-order valence-electron chi connectivity index (χ2n) is 5.85. The van der Waals surface area contributed by atoms with Crippen LogP contribution >= 0.6 is 15.8 Å². The van der Waals surface area contributed by atoms with E-state index in [1.807, 2.05) is 0 Å². The van der Waals surface area contributed by atoms with Gasteiger partial charge in [0.05, 0.1) is 0 Å². The van der Waals surface area contributed by atoms with Crippen LogP contribution in [0.2, 0.25) is 0 Å². The zero-order chi connectivity index (χ0) is 12.9. The van der Waals surface area contributed by atoms with E-state index in [-0.39, 0.29) is 66.9 Å². The molecule has 0 saturated carbocycles. The molecule has 0 atom stereocenters. The number of rotatable bonds is 7. The first-order chi connectivity index (χ1) is 7.27. The smallest absolute Gasteiger partial charge is 1.00 e. The summed E-state index contributed by atoms with van der Waals surface area (Å²) in [5.74, 6) is 0. The van der Waals surface area contributed by atoms with E-state index in [0.29, 0.717) is 0 Å². The quantitative estimate of drug-likeness (QED) is 0.345. The first-order valence-electron chi connectivity index (χ1n) is 6.78. The van der Waals surface area contributed by atoms with Crippen LogP contribution in [0.1, 0.15) is 55.4 Å². The maximum atomic E-state index is 2.42. The maximum Gasteiger partial charge on any atom is 2.00 e. The van der Waals surface area contributed by atoms with Gasteiger partial charge in [-0.3, -0.25) is 0 Å². The van der Waals surface area contributed by atoms with Crippen molar-refractivity contribution in [1.82, 2.24) is 0 Å². The molecule has 0 aliphatic rings. The fourth-order valence-electron chi connectivity index (χ4n) is 2.46. The third kappa shape index (κ3) is 12.6. The Bertz CT molecular complexity index is 152. The molecule has 0 unspecified atom stereocenters. The predicted octanol–water partition coefficient (Wildman–Crippen LogP) is -0.411. The van der Waals surface area contributed by atoms with E-state index in [0.717, 1.165) is 22.6 Å². The van der Waals surface area contributed by atoms with Gasteiger partial charge in [-0.05, 0) is 35.0 Å². The van der Waals surface area contributed by atoms with Gasteiger partial charge in [0.2, 0.25) is 0 Å². The summed E-state index contributed by atoms with van der Waals surface area (Å²) in [7, 11) is 0.511. The van der Waals surface area contributed by atoms with Gasteiger partial charge in [0.15, 0.2) is 0 Å². The summed E-state index contributed by atoms with van der Waals surface area (Å²) in [6.07, 6.45) is 3.01. The van der Waals surface area contributed by atoms with Crippen LogP contribution in [-0.2, 0) is 17.1 Å². The number of hydrogen-bond donors (Lipinski definition) is 0. The van der Waals surface area contributed by atoms with E-state index in [4.69, 9.17) is 0 Å². The SMILES string of the molecule is CC(C)P(CCP(C(C)C)C(C)C)C(C)C.[Br-].[Br-].[Fe+2]. The Balaban J connectivity index is -0.000000375. The average Bonchev–Trinajstić information content (AvgIpc) is 2.09. The minimum Gasteiger partial charge on any atom is -1.00 e. The summed E-state index contributed by atoms with van der Waals surface area (Å²) >= 11 is 0. The van der Waals surface area contributed by atoms with Crippen molar-refractivity contribution in [2.24, 2.45) is 0 Å². The molecule has 0 heterocycles. The van der Waals surface area contributed by atoms with Crippen molar-refractivity contribution in [3.63, 3.8) is 0 Å². The summed E-state index contributed by atoms with van der Waals surface area (Å²) < 4.78 is 0. The Hall–Kier alpha value is 2.34. The Morgan fingerprint density at radius 2 is 0.684 bits per heavy atom. The summed E-state index contributed by atoms with van der Waals surface area (Å²) in [6, 6.07) is 0. The molecule has 0 aromatic rings. The van der Waals surface area contributed by atoms with Crippen molar-refractivity contribution < 1.29 is 51.0 Å². The minimum atomic E-state index is 0. The Labute approximate surface area is 156 Å². The van der Waals surface area contributed by atoms with Crippen LogP contribution in [0.15, 0.2) is 0 Å². The molecule has 0 amide bonds. The summed E-state index contributed by atoms with van der Waals surface area (Å²) in [5, 5.41) is 0. The van der Waals surface area contributed by atoms with Crippen molar-refractivity contribution in [3.05, 3.63) is 0 Å². The van der Waals surface area contributed by atoms with Gasteiger partial charge in [-0.2, -0.15) is 0 Å². The van der Waals surface area contributed by atoms with Gasteiger partial charge in [0.25, 0.3) is 0 Å². The third-order valence-corrected chi connectivity index (χ3v) is 10.4. The Morgan fingerprint density at radius 3 is 0.789 bits per heavy atom. The van der Waals surface area contributed by atoms with Gasteiger partial charge in [0.1, 0.15) is 0 Å². The summed E-state index contributed by atoms with van der Waals surface area (Å²) in [6.45, 7) is 19.3. The van der Waals surface area contributed by atoms with Crippen molar-refractivity contribution >= 4 is 15.8 Å². The molecule has 0 rings (SSSR count). The molecule has 5 heteroatoms. The Morgan fingerprint density at radius 1 is 0.526 bits per heavy atom. The first kappa shape index (κ1) is 29.4. The second kappa shape index (κ2) is 15.2. The van der Waals surface area contributed by atoms with E-state index < -0.39 is 0 Å². The second-order valence-corrected chi connectivity index (χ2v) is 12.9.